The maximum Gasteiger partial charge on any atom is 0.243 e. The van der Waals surface area contributed by atoms with Gasteiger partial charge >= 0.3 is 0 Å². The van der Waals surface area contributed by atoms with Crippen LogP contribution < -0.4 is 5.73 Å². The van der Waals surface area contributed by atoms with Crippen LogP contribution in [-0.4, -0.2) is 36.9 Å². The van der Waals surface area contributed by atoms with Crippen LogP contribution in [0.3, 0.4) is 0 Å². The number of hydrogen-bond acceptors (Lipinski definition) is 4. The van der Waals surface area contributed by atoms with Crippen molar-refractivity contribution in [1.82, 2.24) is 5.01 Å². The molecule has 0 radical (unpaired) electrons. The Labute approximate surface area is 113 Å². The second-order valence-electron chi connectivity index (χ2n) is 4.72. The molecule has 0 aromatic heterocycles. The average molecular weight is 261 g/mol. The Balaban J connectivity index is 2.25. The molecule has 0 saturated heterocycles. The van der Waals surface area contributed by atoms with Crippen LogP contribution in [-0.2, 0) is 9.53 Å². The van der Waals surface area contributed by atoms with Crippen LogP contribution in [0.2, 0.25) is 0 Å². The summed E-state index contributed by atoms with van der Waals surface area (Å²) in [6.07, 6.45) is 0.479. The minimum Gasteiger partial charge on any atom is -0.399 e. The minimum atomic E-state index is 0.0451. The van der Waals surface area contributed by atoms with Crippen LogP contribution in [0.5, 0.6) is 0 Å². The van der Waals surface area contributed by atoms with Crippen LogP contribution in [0.25, 0.3) is 0 Å². The van der Waals surface area contributed by atoms with Crippen LogP contribution >= 0.6 is 0 Å². The molecule has 0 fully saturated rings. The Kier molecular flexibility index (Phi) is 4.16. The molecule has 2 N–H and O–H groups in total. The zero-order valence-electron chi connectivity index (χ0n) is 11.3. The first-order valence-corrected chi connectivity index (χ1v) is 6.35. The topological polar surface area (TPSA) is 67.9 Å². The first-order valence-electron chi connectivity index (χ1n) is 6.35. The quantitative estimate of drug-likeness (QED) is 0.835. The summed E-state index contributed by atoms with van der Waals surface area (Å²) >= 11 is 0. The van der Waals surface area contributed by atoms with Crippen LogP contribution in [0, 0.1) is 5.92 Å². The van der Waals surface area contributed by atoms with Crippen molar-refractivity contribution < 1.29 is 9.53 Å². The third kappa shape index (κ3) is 3.12. The standard InChI is InChI=1S/C14H19N3O2/c1-10-9-13(18)17(7-8-19-2)16-14(10)11-3-5-12(15)6-4-11/h3-6,10H,7-9,15H2,1-2H3. The van der Waals surface area contributed by atoms with Gasteiger partial charge in [-0.25, -0.2) is 5.01 Å². The lowest BCUT2D eigenvalue weighted by atomic mass is 9.93. The van der Waals surface area contributed by atoms with Crippen molar-refractivity contribution in [3.8, 4) is 0 Å². The molecule has 5 nitrogen and oxygen atoms in total. The molecule has 1 aromatic carbocycles. The van der Waals surface area contributed by atoms with Crippen molar-refractivity contribution in [3.05, 3.63) is 29.8 Å². The highest BCUT2D eigenvalue weighted by molar-refractivity contribution is 6.05. The predicted molar refractivity (Wildman–Crippen MR) is 74.8 cm³/mol. The van der Waals surface area contributed by atoms with Crippen molar-refractivity contribution in [1.29, 1.82) is 0 Å². The van der Waals surface area contributed by atoms with E-state index in [4.69, 9.17) is 10.5 Å². The van der Waals surface area contributed by atoms with Gasteiger partial charge in [-0.3, -0.25) is 4.79 Å². The van der Waals surface area contributed by atoms with Gasteiger partial charge in [0.15, 0.2) is 0 Å². The third-order valence-electron chi connectivity index (χ3n) is 3.18. The van der Waals surface area contributed by atoms with E-state index in [9.17, 15) is 4.79 Å². The van der Waals surface area contributed by atoms with E-state index in [-0.39, 0.29) is 11.8 Å². The molecular formula is C14H19N3O2. The number of anilines is 1. The normalized spacial score (nSPS) is 19.5. The number of amides is 1. The van der Waals surface area contributed by atoms with Crippen molar-refractivity contribution in [3.63, 3.8) is 0 Å². The zero-order chi connectivity index (χ0) is 13.8. The number of rotatable bonds is 4. The van der Waals surface area contributed by atoms with Gasteiger partial charge in [0, 0.05) is 25.1 Å². The molecule has 0 aliphatic carbocycles. The minimum absolute atomic E-state index is 0.0451. The predicted octanol–water partition coefficient (Wildman–Crippen LogP) is 1.49. The third-order valence-corrected chi connectivity index (χ3v) is 3.18. The van der Waals surface area contributed by atoms with Gasteiger partial charge in [-0.1, -0.05) is 19.1 Å². The number of benzene rings is 1. The van der Waals surface area contributed by atoms with E-state index >= 15 is 0 Å². The largest absolute Gasteiger partial charge is 0.399 e. The van der Waals surface area contributed by atoms with Crippen molar-refractivity contribution in [2.45, 2.75) is 13.3 Å². The van der Waals surface area contributed by atoms with Crippen molar-refractivity contribution >= 4 is 17.3 Å². The summed E-state index contributed by atoms with van der Waals surface area (Å²) in [7, 11) is 1.61. The molecule has 0 bridgehead atoms. The molecule has 1 aromatic rings. The number of carbonyl (C=O) groups excluding carboxylic acids is 1. The Hall–Kier alpha value is -1.88. The average Bonchev–Trinajstić information content (AvgIpc) is 2.39. The van der Waals surface area contributed by atoms with E-state index in [0.29, 0.717) is 19.6 Å². The lowest BCUT2D eigenvalue weighted by molar-refractivity contribution is -0.133. The SMILES string of the molecule is COCCN1N=C(c2ccc(N)cc2)C(C)CC1=O. The van der Waals surface area contributed by atoms with Gasteiger partial charge in [0.05, 0.1) is 18.9 Å². The smallest absolute Gasteiger partial charge is 0.243 e. The first-order chi connectivity index (χ1) is 9.11. The van der Waals surface area contributed by atoms with Crippen molar-refractivity contribution in [2.75, 3.05) is 26.0 Å². The summed E-state index contributed by atoms with van der Waals surface area (Å²) in [6, 6.07) is 7.57. The van der Waals surface area contributed by atoms with Gasteiger partial charge in [-0.05, 0) is 17.7 Å². The monoisotopic (exact) mass is 261 g/mol. The molecule has 0 saturated carbocycles. The fourth-order valence-corrected chi connectivity index (χ4v) is 2.10. The number of nitrogens with two attached hydrogens (primary N) is 1. The van der Waals surface area contributed by atoms with Gasteiger partial charge in [0.2, 0.25) is 5.91 Å². The number of methoxy groups -OCH3 is 1. The molecule has 5 heteroatoms. The van der Waals surface area contributed by atoms with Crippen molar-refractivity contribution in [2.24, 2.45) is 11.0 Å². The molecule has 2 rings (SSSR count). The zero-order valence-corrected chi connectivity index (χ0v) is 11.3. The molecule has 1 aliphatic heterocycles. The van der Waals surface area contributed by atoms with E-state index in [1.165, 1.54) is 5.01 Å². The molecule has 0 spiro atoms. The summed E-state index contributed by atoms with van der Waals surface area (Å²) in [5, 5.41) is 5.96. The molecule has 1 amide bonds. The molecule has 102 valence electrons. The first kappa shape index (κ1) is 13.5. The van der Waals surface area contributed by atoms with E-state index in [1.54, 1.807) is 7.11 Å². The lowest BCUT2D eigenvalue weighted by Crippen LogP contribution is -2.38. The fraction of sp³-hybridized carbons (Fsp3) is 0.429. The molecule has 1 heterocycles. The van der Waals surface area contributed by atoms with Gasteiger partial charge in [-0.15, -0.1) is 0 Å². The maximum atomic E-state index is 11.9. The van der Waals surface area contributed by atoms with E-state index in [2.05, 4.69) is 5.10 Å². The molecule has 1 unspecified atom stereocenters. The number of hydrazone groups is 1. The van der Waals surface area contributed by atoms with Crippen LogP contribution in [0.1, 0.15) is 18.9 Å². The van der Waals surface area contributed by atoms with Gasteiger partial charge < -0.3 is 10.5 Å². The molecule has 19 heavy (non-hydrogen) atoms. The van der Waals surface area contributed by atoms with Gasteiger partial charge in [0.25, 0.3) is 0 Å². The summed E-state index contributed by atoms with van der Waals surface area (Å²) < 4.78 is 5.00. The Morgan fingerprint density at radius 2 is 2.11 bits per heavy atom. The maximum absolute atomic E-state index is 11.9. The molecular weight excluding hydrogens is 242 g/mol. The molecule has 1 atom stereocenters. The Bertz CT molecular complexity index is 482. The van der Waals surface area contributed by atoms with E-state index in [0.717, 1.165) is 17.0 Å². The highest BCUT2D eigenvalue weighted by atomic mass is 16.5. The number of hydrogen-bond donors (Lipinski definition) is 1. The van der Waals surface area contributed by atoms with E-state index in [1.807, 2.05) is 31.2 Å². The van der Waals surface area contributed by atoms with Crippen LogP contribution in [0.15, 0.2) is 29.4 Å². The van der Waals surface area contributed by atoms with Crippen LogP contribution in [0.4, 0.5) is 5.69 Å². The second-order valence-corrected chi connectivity index (χ2v) is 4.72. The van der Waals surface area contributed by atoms with Gasteiger partial charge in [-0.2, -0.15) is 5.10 Å². The highest BCUT2D eigenvalue weighted by Gasteiger charge is 2.26. The Morgan fingerprint density at radius 1 is 1.42 bits per heavy atom. The number of nitrogens with zero attached hydrogens (tertiary/aromatic N) is 2. The fourth-order valence-electron chi connectivity index (χ4n) is 2.10. The lowest BCUT2D eigenvalue weighted by Gasteiger charge is -2.27. The summed E-state index contributed by atoms with van der Waals surface area (Å²) in [5.41, 5.74) is 8.34. The van der Waals surface area contributed by atoms with Gasteiger partial charge in [0.1, 0.15) is 0 Å². The molecule has 1 aliphatic rings. The number of ether oxygens (including phenoxy) is 1. The Morgan fingerprint density at radius 3 is 2.74 bits per heavy atom. The summed E-state index contributed by atoms with van der Waals surface area (Å²) in [4.78, 5) is 11.9. The number of nitrogen functional groups attached to an aromatic ring is 1. The van der Waals surface area contributed by atoms with E-state index < -0.39 is 0 Å². The highest BCUT2D eigenvalue weighted by Crippen LogP contribution is 2.21. The summed E-state index contributed by atoms with van der Waals surface area (Å²) in [6.45, 7) is 2.99. The number of carbonyl (C=O) groups is 1. The second kappa shape index (κ2) is 5.84. The summed E-state index contributed by atoms with van der Waals surface area (Å²) in [5.74, 6) is 0.165.